The van der Waals surface area contributed by atoms with E-state index < -0.39 is 39.1 Å². The van der Waals surface area contributed by atoms with Crippen LogP contribution in [0.1, 0.15) is 22.8 Å². The van der Waals surface area contributed by atoms with Gasteiger partial charge in [0.05, 0.1) is 15.6 Å². The smallest absolute Gasteiger partial charge is 0.287 e. The van der Waals surface area contributed by atoms with Gasteiger partial charge in [0.2, 0.25) is 5.78 Å². The van der Waals surface area contributed by atoms with Crippen molar-refractivity contribution in [2.75, 3.05) is 0 Å². The Balaban J connectivity index is 3.39. The van der Waals surface area contributed by atoms with E-state index in [1.165, 1.54) is 0 Å². The predicted molar refractivity (Wildman–Crippen MR) is 56.4 cm³/mol. The lowest BCUT2D eigenvalue weighted by Crippen LogP contribution is -2.25. The van der Waals surface area contributed by atoms with E-state index in [2.05, 4.69) is 0 Å². The highest BCUT2D eigenvalue weighted by molar-refractivity contribution is 6.44. The first-order valence-electron chi connectivity index (χ1n) is 4.44. The average Bonchev–Trinajstić information content (AvgIpc) is 2.17. The van der Waals surface area contributed by atoms with Gasteiger partial charge in [0.1, 0.15) is 0 Å². The summed E-state index contributed by atoms with van der Waals surface area (Å²) in [6, 6.07) is 1.02. The van der Waals surface area contributed by atoms with E-state index in [0.29, 0.717) is 19.1 Å². The summed E-state index contributed by atoms with van der Waals surface area (Å²) >= 11 is 10.7. The van der Waals surface area contributed by atoms with Gasteiger partial charge >= 0.3 is 12.1 Å². The minimum atomic E-state index is -4.78. The summed E-state index contributed by atoms with van der Waals surface area (Å²) in [5.41, 5.74) is -2.03. The summed E-state index contributed by atoms with van der Waals surface area (Å²) in [4.78, 5) is 11.2. The molecule has 0 bridgehead atoms. The van der Waals surface area contributed by atoms with E-state index in [4.69, 9.17) is 23.2 Å². The van der Waals surface area contributed by atoms with Crippen molar-refractivity contribution < 1.29 is 26.7 Å². The van der Waals surface area contributed by atoms with Gasteiger partial charge in [-0.3, -0.25) is 4.79 Å². The fourth-order valence-corrected chi connectivity index (χ4v) is 1.70. The molecule has 1 aromatic carbocycles. The van der Waals surface area contributed by atoms with Crippen LogP contribution < -0.4 is 0 Å². The fourth-order valence-electron chi connectivity index (χ4n) is 1.18. The summed E-state index contributed by atoms with van der Waals surface area (Å²) in [6.07, 6.45) is -4.78. The summed E-state index contributed by atoms with van der Waals surface area (Å²) in [5, 5.41) is -1.81. The van der Waals surface area contributed by atoms with Crippen LogP contribution in [-0.4, -0.2) is 11.7 Å². The molecule has 0 atom stereocenters. The molecule has 18 heavy (non-hydrogen) atoms. The van der Waals surface area contributed by atoms with Crippen molar-refractivity contribution in [3.05, 3.63) is 33.3 Å². The molecule has 1 aromatic rings. The van der Waals surface area contributed by atoms with Crippen molar-refractivity contribution in [1.82, 2.24) is 0 Å². The van der Waals surface area contributed by atoms with Crippen molar-refractivity contribution >= 4 is 29.0 Å². The number of carbonyl (C=O) groups excluding carboxylic acids is 1. The van der Waals surface area contributed by atoms with Crippen LogP contribution >= 0.6 is 23.2 Å². The molecule has 0 aromatic heterocycles. The highest BCUT2D eigenvalue weighted by atomic mass is 35.5. The summed E-state index contributed by atoms with van der Waals surface area (Å²) in [7, 11) is 0. The summed E-state index contributed by atoms with van der Waals surface area (Å²) in [6.45, 7) is 0.317. The van der Waals surface area contributed by atoms with E-state index >= 15 is 0 Å². The minimum absolute atomic E-state index is 0.317. The zero-order valence-corrected chi connectivity index (χ0v) is 10.2. The van der Waals surface area contributed by atoms with E-state index in [1.807, 2.05) is 0 Å². The van der Waals surface area contributed by atoms with Crippen LogP contribution in [0.5, 0.6) is 0 Å². The Bertz CT molecular complexity index is 490. The molecule has 0 radical (unpaired) electrons. The van der Waals surface area contributed by atoms with Crippen molar-refractivity contribution in [3.63, 3.8) is 0 Å². The largest absolute Gasteiger partial charge is 0.417 e. The van der Waals surface area contributed by atoms with Crippen LogP contribution in [0.2, 0.25) is 10.0 Å². The third kappa shape index (κ3) is 2.92. The van der Waals surface area contributed by atoms with Crippen LogP contribution in [0.4, 0.5) is 22.0 Å². The molecule has 0 unspecified atom stereocenters. The third-order valence-electron chi connectivity index (χ3n) is 2.03. The van der Waals surface area contributed by atoms with E-state index in [9.17, 15) is 26.7 Å². The van der Waals surface area contributed by atoms with Gasteiger partial charge in [-0.1, -0.05) is 23.2 Å². The van der Waals surface area contributed by atoms with Gasteiger partial charge in [-0.05, 0) is 12.1 Å². The van der Waals surface area contributed by atoms with Crippen molar-refractivity contribution in [1.29, 1.82) is 0 Å². The average molecular weight is 307 g/mol. The Morgan fingerprint density at radius 2 is 1.56 bits per heavy atom. The van der Waals surface area contributed by atoms with Gasteiger partial charge in [-0.25, -0.2) is 0 Å². The number of alkyl halides is 5. The minimum Gasteiger partial charge on any atom is -0.287 e. The molecule has 8 heteroatoms. The molecular formula is C10H5Cl2F5O. The fraction of sp³-hybridized carbons (Fsp3) is 0.300. The second-order valence-electron chi connectivity index (χ2n) is 3.50. The lowest BCUT2D eigenvalue weighted by atomic mass is 10.0. The molecule has 0 saturated heterocycles. The Hall–Kier alpha value is -0.880. The van der Waals surface area contributed by atoms with Gasteiger partial charge in [-0.2, -0.15) is 22.0 Å². The summed E-state index contributed by atoms with van der Waals surface area (Å²) in [5.74, 6) is -5.43. The summed E-state index contributed by atoms with van der Waals surface area (Å²) < 4.78 is 62.8. The van der Waals surface area contributed by atoms with Crippen molar-refractivity contribution in [2.24, 2.45) is 0 Å². The number of carbonyl (C=O) groups is 1. The Labute approximate surface area is 108 Å². The maximum absolute atomic E-state index is 12.8. The molecule has 0 spiro atoms. The molecule has 0 fully saturated rings. The molecule has 0 heterocycles. The number of halogens is 7. The monoisotopic (exact) mass is 306 g/mol. The van der Waals surface area contributed by atoms with Crippen LogP contribution in [0.15, 0.2) is 12.1 Å². The van der Waals surface area contributed by atoms with Gasteiger partial charge in [0.25, 0.3) is 0 Å². The van der Waals surface area contributed by atoms with Gasteiger partial charge in [0.15, 0.2) is 0 Å². The lowest BCUT2D eigenvalue weighted by Gasteiger charge is -2.14. The quantitative estimate of drug-likeness (QED) is 0.564. The standard InChI is InChI=1S/C10H5Cl2F5O/c1-9(13,14)8(18)4-2-3-5(10(15,16)17)7(12)6(4)11/h2-3H,1H3. The van der Waals surface area contributed by atoms with Crippen LogP contribution in [-0.2, 0) is 6.18 Å². The molecule has 1 rings (SSSR count). The van der Waals surface area contributed by atoms with Crippen LogP contribution in [0.3, 0.4) is 0 Å². The van der Waals surface area contributed by atoms with Gasteiger partial charge < -0.3 is 0 Å². The first-order valence-corrected chi connectivity index (χ1v) is 5.19. The predicted octanol–water partition coefficient (Wildman–Crippen LogP) is 4.85. The number of hydrogen-bond donors (Lipinski definition) is 0. The second kappa shape index (κ2) is 4.66. The molecular weight excluding hydrogens is 302 g/mol. The highest BCUT2D eigenvalue weighted by Gasteiger charge is 2.38. The maximum Gasteiger partial charge on any atom is 0.417 e. The second-order valence-corrected chi connectivity index (χ2v) is 4.26. The zero-order valence-electron chi connectivity index (χ0n) is 8.71. The normalized spacial score (nSPS) is 12.7. The van der Waals surface area contributed by atoms with Crippen LogP contribution in [0.25, 0.3) is 0 Å². The molecule has 100 valence electrons. The molecule has 0 N–H and O–H groups in total. The van der Waals surface area contributed by atoms with Crippen molar-refractivity contribution in [2.45, 2.75) is 19.0 Å². The Morgan fingerprint density at radius 1 is 1.06 bits per heavy atom. The highest BCUT2D eigenvalue weighted by Crippen LogP contribution is 2.40. The number of rotatable bonds is 2. The molecule has 0 saturated carbocycles. The number of benzene rings is 1. The maximum atomic E-state index is 12.8. The lowest BCUT2D eigenvalue weighted by molar-refractivity contribution is -0.137. The number of Topliss-reactive ketones (excluding diaryl/α,β-unsaturated/α-hetero) is 1. The van der Waals surface area contributed by atoms with E-state index in [0.717, 1.165) is 0 Å². The first-order chi connectivity index (χ1) is 7.96. The number of hydrogen-bond acceptors (Lipinski definition) is 1. The topological polar surface area (TPSA) is 17.1 Å². The zero-order chi connectivity index (χ0) is 14.3. The molecule has 0 aliphatic heterocycles. The van der Waals surface area contributed by atoms with Gasteiger partial charge in [-0.15, -0.1) is 0 Å². The first kappa shape index (κ1) is 15.2. The SMILES string of the molecule is CC(F)(F)C(=O)c1ccc(C(F)(F)F)c(Cl)c1Cl. The number of ketones is 1. The van der Waals surface area contributed by atoms with Crippen LogP contribution in [0, 0.1) is 0 Å². The molecule has 0 aliphatic rings. The van der Waals surface area contributed by atoms with Crippen molar-refractivity contribution in [3.8, 4) is 0 Å². The Morgan fingerprint density at radius 3 is 1.94 bits per heavy atom. The van der Waals surface area contributed by atoms with E-state index in [1.54, 1.807) is 0 Å². The van der Waals surface area contributed by atoms with E-state index in [-0.39, 0.29) is 0 Å². The molecule has 0 aliphatic carbocycles. The third-order valence-corrected chi connectivity index (χ3v) is 2.91. The van der Waals surface area contributed by atoms with Gasteiger partial charge in [0, 0.05) is 12.5 Å². The molecule has 0 amide bonds. The molecule has 1 nitrogen and oxygen atoms in total. The Kier molecular flexibility index (Phi) is 3.93.